The number of carbonyl (C=O) groups excluding carboxylic acids is 2. The number of fused-ring (bicyclic) bond motifs is 1. The van der Waals surface area contributed by atoms with E-state index in [1.165, 1.54) is 40.5 Å². The molecule has 0 spiro atoms. The van der Waals surface area contributed by atoms with Gasteiger partial charge in [0.05, 0.1) is 35.0 Å². The molecule has 4 aromatic rings. The molecule has 206 valence electrons. The van der Waals surface area contributed by atoms with E-state index < -0.39 is 29.3 Å². The summed E-state index contributed by atoms with van der Waals surface area (Å²) in [6.45, 7) is 6.79. The second-order valence-corrected chi connectivity index (χ2v) is 10.5. The van der Waals surface area contributed by atoms with Gasteiger partial charge in [-0.1, -0.05) is 36.8 Å². The molecule has 7 nitrogen and oxygen atoms in total. The number of nitrogens with zero attached hydrogens (tertiary/aromatic N) is 2. The van der Waals surface area contributed by atoms with Crippen LogP contribution in [0.4, 0.5) is 9.52 Å². The Kier molecular flexibility index (Phi) is 7.84. The van der Waals surface area contributed by atoms with Crippen LogP contribution in [0, 0.1) is 12.7 Å². The number of ketones is 1. The largest absolute Gasteiger partial charge is 0.507 e. The molecule has 0 aliphatic carbocycles. The Bertz CT molecular complexity index is 1610. The molecule has 1 N–H and O–H groups in total. The summed E-state index contributed by atoms with van der Waals surface area (Å²) in [5.74, 6) is -1.55. The summed E-state index contributed by atoms with van der Waals surface area (Å²) in [6, 6.07) is 15.1. The second-order valence-electron chi connectivity index (χ2n) is 9.48. The average Bonchev–Trinajstić information content (AvgIpc) is 3.47. The molecule has 1 saturated heterocycles. The van der Waals surface area contributed by atoms with Gasteiger partial charge in [0.2, 0.25) is 0 Å². The van der Waals surface area contributed by atoms with Gasteiger partial charge in [-0.2, -0.15) is 0 Å². The van der Waals surface area contributed by atoms with Gasteiger partial charge in [-0.15, -0.1) is 0 Å². The number of ether oxygens (including phenoxy) is 2. The number of aryl methyl sites for hydroxylation is 1. The lowest BCUT2D eigenvalue weighted by Crippen LogP contribution is -2.29. The number of unbranched alkanes of at least 4 members (excludes halogenated alkanes) is 1. The highest BCUT2D eigenvalue weighted by molar-refractivity contribution is 7.22. The van der Waals surface area contributed by atoms with Crippen LogP contribution in [0.5, 0.6) is 11.5 Å². The SMILES string of the molecule is CCCCOc1ccc(C2C(=C(O)c3ccc(F)cc3)C(=O)C(=O)N2c2nc3ccc(C)cc3s2)cc1OCC. The lowest BCUT2D eigenvalue weighted by atomic mass is 9.95. The predicted octanol–water partition coefficient (Wildman–Crippen LogP) is 6.95. The highest BCUT2D eigenvalue weighted by Gasteiger charge is 2.48. The van der Waals surface area contributed by atoms with Gasteiger partial charge in [-0.3, -0.25) is 14.5 Å². The van der Waals surface area contributed by atoms with Crippen molar-refractivity contribution in [2.75, 3.05) is 18.1 Å². The third-order valence-electron chi connectivity index (χ3n) is 6.64. The number of halogens is 1. The van der Waals surface area contributed by atoms with Gasteiger partial charge < -0.3 is 14.6 Å². The Hall–Kier alpha value is -4.24. The molecule has 9 heteroatoms. The number of aliphatic hydroxyl groups is 1. The molecule has 5 rings (SSSR count). The minimum Gasteiger partial charge on any atom is -0.507 e. The minimum atomic E-state index is -1.00. The van der Waals surface area contributed by atoms with E-state index >= 15 is 0 Å². The molecular weight excluding hydrogens is 531 g/mol. The van der Waals surface area contributed by atoms with Gasteiger partial charge in [-0.25, -0.2) is 9.37 Å². The van der Waals surface area contributed by atoms with Gasteiger partial charge in [0.25, 0.3) is 5.78 Å². The van der Waals surface area contributed by atoms with Gasteiger partial charge in [0.1, 0.15) is 11.6 Å². The lowest BCUT2D eigenvalue weighted by molar-refractivity contribution is -0.132. The average molecular weight is 561 g/mol. The molecule has 1 unspecified atom stereocenters. The topological polar surface area (TPSA) is 89.0 Å². The number of aliphatic hydroxyl groups excluding tert-OH is 1. The molecule has 1 amide bonds. The molecule has 1 aromatic heterocycles. The zero-order chi connectivity index (χ0) is 28.4. The number of hydrogen-bond donors (Lipinski definition) is 1. The van der Waals surface area contributed by atoms with Crippen LogP contribution >= 0.6 is 11.3 Å². The van der Waals surface area contributed by atoms with E-state index in [0.717, 1.165) is 23.1 Å². The first kappa shape index (κ1) is 27.3. The van der Waals surface area contributed by atoms with Crippen molar-refractivity contribution in [1.82, 2.24) is 4.98 Å². The van der Waals surface area contributed by atoms with E-state index in [0.29, 0.717) is 40.9 Å². The predicted molar refractivity (Wildman–Crippen MR) is 154 cm³/mol. The zero-order valence-corrected chi connectivity index (χ0v) is 23.3. The number of carbonyl (C=O) groups is 2. The number of anilines is 1. The van der Waals surface area contributed by atoms with E-state index in [9.17, 15) is 19.1 Å². The normalized spacial score (nSPS) is 16.6. The Labute approximate surface area is 235 Å². The maximum absolute atomic E-state index is 13.6. The third-order valence-corrected chi connectivity index (χ3v) is 7.66. The molecule has 1 fully saturated rings. The summed E-state index contributed by atoms with van der Waals surface area (Å²) in [5, 5.41) is 11.7. The molecular formula is C31H29FN2O5S. The van der Waals surface area contributed by atoms with E-state index in [2.05, 4.69) is 11.9 Å². The number of benzene rings is 3. The van der Waals surface area contributed by atoms with E-state index in [1.807, 2.05) is 32.0 Å². The van der Waals surface area contributed by atoms with Crippen LogP contribution in [0.25, 0.3) is 16.0 Å². The van der Waals surface area contributed by atoms with Crippen molar-refractivity contribution in [1.29, 1.82) is 0 Å². The van der Waals surface area contributed by atoms with Crippen LogP contribution in [0.2, 0.25) is 0 Å². The van der Waals surface area contributed by atoms with Crippen LogP contribution in [-0.2, 0) is 9.59 Å². The van der Waals surface area contributed by atoms with Gasteiger partial charge in [-0.05, 0) is 79.9 Å². The van der Waals surface area contributed by atoms with E-state index in [-0.39, 0.29) is 11.1 Å². The zero-order valence-electron chi connectivity index (χ0n) is 22.4. The van der Waals surface area contributed by atoms with Gasteiger partial charge in [0, 0.05) is 5.56 Å². The van der Waals surface area contributed by atoms with Crippen LogP contribution in [0.1, 0.15) is 49.4 Å². The van der Waals surface area contributed by atoms with E-state index in [1.54, 1.807) is 18.2 Å². The van der Waals surface area contributed by atoms with Crippen molar-refractivity contribution in [3.05, 3.63) is 88.7 Å². The van der Waals surface area contributed by atoms with Crippen molar-refractivity contribution in [2.24, 2.45) is 0 Å². The monoisotopic (exact) mass is 560 g/mol. The number of rotatable bonds is 9. The number of aromatic nitrogens is 1. The summed E-state index contributed by atoms with van der Waals surface area (Å²) in [6.07, 6.45) is 1.85. The third kappa shape index (κ3) is 5.16. The Balaban J connectivity index is 1.69. The lowest BCUT2D eigenvalue weighted by Gasteiger charge is -2.24. The molecule has 2 heterocycles. The summed E-state index contributed by atoms with van der Waals surface area (Å²) >= 11 is 1.29. The molecule has 3 aromatic carbocycles. The van der Waals surface area contributed by atoms with Gasteiger partial charge >= 0.3 is 5.91 Å². The van der Waals surface area contributed by atoms with Crippen molar-refractivity contribution in [2.45, 2.75) is 39.7 Å². The fraction of sp³-hybridized carbons (Fsp3) is 0.258. The second kappa shape index (κ2) is 11.5. The van der Waals surface area contributed by atoms with E-state index in [4.69, 9.17) is 9.47 Å². The quantitative estimate of drug-likeness (QED) is 0.103. The maximum Gasteiger partial charge on any atom is 0.301 e. The first-order valence-electron chi connectivity index (χ1n) is 13.2. The Morgan fingerprint density at radius 3 is 2.52 bits per heavy atom. The van der Waals surface area contributed by atoms with Crippen molar-refractivity contribution in [3.63, 3.8) is 0 Å². The van der Waals surface area contributed by atoms with Crippen LogP contribution < -0.4 is 14.4 Å². The molecule has 0 saturated carbocycles. The fourth-order valence-electron chi connectivity index (χ4n) is 4.64. The highest BCUT2D eigenvalue weighted by atomic mass is 32.1. The van der Waals surface area contributed by atoms with Crippen LogP contribution in [0.3, 0.4) is 0 Å². The molecule has 1 atom stereocenters. The molecule has 0 radical (unpaired) electrons. The fourth-order valence-corrected chi connectivity index (χ4v) is 5.73. The highest BCUT2D eigenvalue weighted by Crippen LogP contribution is 2.46. The van der Waals surface area contributed by atoms with Crippen LogP contribution in [0.15, 0.2) is 66.2 Å². The number of Topliss-reactive ketones (excluding diaryl/α,β-unsaturated/α-hetero) is 1. The number of hydrogen-bond acceptors (Lipinski definition) is 7. The van der Waals surface area contributed by atoms with Gasteiger partial charge in [0.15, 0.2) is 16.6 Å². The van der Waals surface area contributed by atoms with Crippen molar-refractivity contribution in [3.8, 4) is 11.5 Å². The molecule has 0 bridgehead atoms. The molecule has 1 aliphatic rings. The Morgan fingerprint density at radius 2 is 1.80 bits per heavy atom. The molecule has 40 heavy (non-hydrogen) atoms. The number of thiazole rings is 1. The minimum absolute atomic E-state index is 0.117. The summed E-state index contributed by atoms with van der Waals surface area (Å²) in [5.41, 5.74) is 2.37. The summed E-state index contributed by atoms with van der Waals surface area (Å²) in [4.78, 5) is 33.1. The first-order valence-corrected chi connectivity index (χ1v) is 14.0. The summed E-state index contributed by atoms with van der Waals surface area (Å²) in [7, 11) is 0. The smallest absolute Gasteiger partial charge is 0.301 e. The summed E-state index contributed by atoms with van der Waals surface area (Å²) < 4.78 is 26.3. The maximum atomic E-state index is 13.6. The van der Waals surface area contributed by atoms with Crippen molar-refractivity contribution >= 4 is 44.1 Å². The first-order chi connectivity index (χ1) is 19.3. The van der Waals surface area contributed by atoms with Crippen molar-refractivity contribution < 1.29 is 28.6 Å². The Morgan fingerprint density at radius 1 is 1.02 bits per heavy atom. The standard InChI is InChI=1S/C31H29FN2O5S/c1-4-6-15-39-23-14-10-20(17-24(23)38-5-2)27-26(28(35)19-8-11-21(32)12-9-19)29(36)30(37)34(27)31-33-22-13-7-18(3)16-25(22)40-31/h7-14,16-17,27,35H,4-6,15H2,1-3H3. The number of amides is 1. The van der Waals surface area contributed by atoms with Crippen LogP contribution in [-0.4, -0.2) is 35.0 Å². The molecule has 1 aliphatic heterocycles.